The topological polar surface area (TPSA) is 307 Å². The van der Waals surface area contributed by atoms with Crippen LogP contribution < -0.4 is 5.32 Å². The van der Waals surface area contributed by atoms with Crippen LogP contribution in [0.25, 0.3) is 0 Å². The highest BCUT2D eigenvalue weighted by Gasteiger charge is 2.53. The number of allylic oxidation sites excluding steroid dienone is 17. The van der Waals surface area contributed by atoms with E-state index in [1.807, 2.05) is 18.2 Å². The summed E-state index contributed by atoms with van der Waals surface area (Å²) in [6, 6.07) is -1.05. The molecule has 0 spiro atoms. The quantitative estimate of drug-likeness (QED) is 0.0199. The van der Waals surface area contributed by atoms with Gasteiger partial charge in [0.15, 0.2) is 18.9 Å². The van der Waals surface area contributed by atoms with Gasteiger partial charge >= 0.3 is 0 Å². The number of carbonyl (C=O) groups is 1. The molecule has 3 aliphatic heterocycles. The van der Waals surface area contributed by atoms with Crippen molar-refractivity contribution >= 4 is 5.91 Å². The third-order valence-corrected chi connectivity index (χ3v) is 17.8. The highest BCUT2D eigenvalue weighted by atomic mass is 16.8. The zero-order valence-electron chi connectivity index (χ0n) is 58.6. The van der Waals surface area contributed by atoms with Crippen LogP contribution in [0.1, 0.15) is 239 Å². The van der Waals surface area contributed by atoms with E-state index in [2.05, 4.69) is 104 Å². The molecule has 0 saturated carbocycles. The van der Waals surface area contributed by atoms with Gasteiger partial charge < -0.3 is 89.9 Å². The minimum atomic E-state index is -2.00. The molecule has 0 bridgehead atoms. The number of carbonyl (C=O) groups excluding carboxylic acids is 1. The minimum Gasteiger partial charge on any atom is -0.394 e. The van der Waals surface area contributed by atoms with E-state index in [-0.39, 0.29) is 12.3 Å². The van der Waals surface area contributed by atoms with Gasteiger partial charge in [-0.15, -0.1) is 0 Å². The van der Waals surface area contributed by atoms with Crippen LogP contribution in [0.3, 0.4) is 0 Å². The van der Waals surface area contributed by atoms with Crippen molar-refractivity contribution in [1.82, 2.24) is 5.32 Å². The van der Waals surface area contributed by atoms with Crippen LogP contribution in [0, 0.1) is 0 Å². The van der Waals surface area contributed by atoms with Crippen LogP contribution in [0.15, 0.2) is 109 Å². The Balaban J connectivity index is 1.43. The number of hydrogen-bond acceptors (Lipinski definition) is 18. The Bertz CT molecular complexity index is 2160. The van der Waals surface area contributed by atoms with E-state index >= 15 is 0 Å². The van der Waals surface area contributed by atoms with Crippen molar-refractivity contribution in [2.75, 3.05) is 26.4 Å². The van der Waals surface area contributed by atoms with Gasteiger partial charge in [-0.05, 0) is 83.5 Å². The Morgan fingerprint density at radius 1 is 0.385 bits per heavy atom. The number of amides is 1. The maximum atomic E-state index is 13.4. The molecule has 1 amide bonds. The fourth-order valence-electron chi connectivity index (χ4n) is 11.8. The van der Waals surface area contributed by atoms with Gasteiger partial charge in [-0.25, -0.2) is 0 Å². The van der Waals surface area contributed by atoms with E-state index in [1.54, 1.807) is 6.08 Å². The van der Waals surface area contributed by atoms with Crippen molar-refractivity contribution in [3.63, 3.8) is 0 Å². The lowest BCUT2D eigenvalue weighted by Gasteiger charge is -2.48. The molecule has 3 saturated heterocycles. The van der Waals surface area contributed by atoms with Crippen LogP contribution in [-0.4, -0.2) is 193 Å². The Labute approximate surface area is 576 Å². The molecule has 17 atom stereocenters. The molecule has 19 nitrogen and oxygen atoms in total. The standard InChI is InChI=1S/C77H131NO18/c1-3-5-7-9-11-13-15-17-19-21-23-24-25-26-27-28-29-30-31-32-33-34-35-37-38-40-42-44-46-48-50-52-54-61(82)60(78-65(83)55-53-51-49-47-45-43-41-39-36-22-20-18-16-14-12-10-8-6-4-2)59-91-75-71(89)68(86)73(63(57-80)93-75)96-77-72(90)69(87)74(64(58-81)94-77)95-76-70(88)67(85)66(84)62(56-79)92-76/h6,8,12,14,18,20,36-39,43-46,49,51-52,54,60-64,66-77,79-82,84-90H,3-5,7,9-11,13,15-17,19,21-35,40-42,47-48,50,53,55-59H2,1-2H3,(H,78,83)/b8-6-,14-12-,20-18-,38-37+,39-36-,45-43-,46-44+,51-49-,54-52+. The van der Waals surface area contributed by atoms with E-state index in [9.17, 15) is 61.0 Å². The predicted octanol–water partition coefficient (Wildman–Crippen LogP) is 11.0. The van der Waals surface area contributed by atoms with Crippen molar-refractivity contribution in [2.24, 2.45) is 0 Å². The van der Waals surface area contributed by atoms with Crippen molar-refractivity contribution < 1.29 is 89.4 Å². The van der Waals surface area contributed by atoms with Crippen LogP contribution in [0.4, 0.5) is 0 Å². The smallest absolute Gasteiger partial charge is 0.220 e. The van der Waals surface area contributed by atoms with E-state index < -0.39 is 131 Å². The summed E-state index contributed by atoms with van der Waals surface area (Å²) in [5.74, 6) is -0.374. The molecule has 0 aromatic rings. The van der Waals surface area contributed by atoms with E-state index in [1.165, 1.54) is 141 Å². The normalized spacial score (nSPS) is 27.7. The Hall–Kier alpha value is -3.55. The van der Waals surface area contributed by atoms with Crippen molar-refractivity contribution in [2.45, 2.75) is 343 Å². The number of rotatable bonds is 56. The lowest BCUT2D eigenvalue weighted by Crippen LogP contribution is -2.66. The summed E-state index contributed by atoms with van der Waals surface area (Å²) in [5, 5.41) is 121. The van der Waals surface area contributed by atoms with Gasteiger partial charge in [0.25, 0.3) is 0 Å². The summed E-state index contributed by atoms with van der Waals surface area (Å²) in [4.78, 5) is 13.4. The molecule has 17 unspecified atom stereocenters. The maximum absolute atomic E-state index is 13.4. The monoisotopic (exact) mass is 1360 g/mol. The summed E-state index contributed by atoms with van der Waals surface area (Å²) < 4.78 is 34.3. The molecule has 3 fully saturated rings. The Morgan fingerprint density at radius 3 is 1.16 bits per heavy atom. The molecule has 19 heteroatoms. The molecule has 552 valence electrons. The number of aliphatic hydroxyl groups excluding tert-OH is 11. The Kier molecular flexibility index (Phi) is 51.6. The number of ether oxygens (including phenoxy) is 6. The molecule has 3 rings (SSSR count). The first-order valence-corrected chi connectivity index (χ1v) is 37.1. The summed E-state index contributed by atoms with van der Waals surface area (Å²) in [6.45, 7) is 1.54. The van der Waals surface area contributed by atoms with E-state index in [4.69, 9.17) is 28.4 Å². The first-order valence-electron chi connectivity index (χ1n) is 37.1. The fourth-order valence-corrected chi connectivity index (χ4v) is 11.8. The van der Waals surface area contributed by atoms with Gasteiger partial charge in [0.2, 0.25) is 5.91 Å². The van der Waals surface area contributed by atoms with Gasteiger partial charge in [0.05, 0.1) is 38.6 Å². The first kappa shape index (κ1) is 86.7. The van der Waals surface area contributed by atoms with Crippen LogP contribution in [0.5, 0.6) is 0 Å². The predicted molar refractivity (Wildman–Crippen MR) is 378 cm³/mol. The molecule has 0 radical (unpaired) electrons. The number of aliphatic hydroxyl groups is 11. The second-order valence-electron chi connectivity index (χ2n) is 26.0. The molecular formula is C77H131NO18. The molecule has 3 heterocycles. The third kappa shape index (κ3) is 37.8. The van der Waals surface area contributed by atoms with E-state index in [0.717, 1.165) is 57.8 Å². The maximum Gasteiger partial charge on any atom is 0.220 e. The number of unbranched alkanes of at least 4 members (excludes halogenated alkanes) is 24. The molecular weight excluding hydrogens is 1230 g/mol. The summed E-state index contributed by atoms with van der Waals surface area (Å²) in [7, 11) is 0. The third-order valence-electron chi connectivity index (χ3n) is 17.8. The SMILES string of the molecule is CC/C=C\C/C=C\C/C=C\C/C=C\C/C=C\C/C=C\CCC(=O)NC(COC1OC(CO)C(OC2OC(CO)C(OC3OC(CO)C(O)C(O)C3O)C(O)C2O)C(O)C1O)C(O)/C=C/CC/C=C/CC/C=C/CCCCCCCCCCCCCCCCCCCCCCCC. The first-order chi connectivity index (χ1) is 46.8. The number of nitrogens with one attached hydrogen (secondary N) is 1. The highest BCUT2D eigenvalue weighted by Crippen LogP contribution is 2.33. The van der Waals surface area contributed by atoms with Gasteiger partial charge in [0.1, 0.15) is 73.2 Å². The van der Waals surface area contributed by atoms with Crippen molar-refractivity contribution in [3.8, 4) is 0 Å². The molecule has 0 aliphatic carbocycles. The molecule has 0 aromatic carbocycles. The largest absolute Gasteiger partial charge is 0.394 e. The molecule has 12 N–H and O–H groups in total. The van der Waals surface area contributed by atoms with Crippen LogP contribution in [0.2, 0.25) is 0 Å². The minimum absolute atomic E-state index is 0.100. The second-order valence-corrected chi connectivity index (χ2v) is 26.0. The summed E-state index contributed by atoms with van der Waals surface area (Å²) >= 11 is 0. The highest BCUT2D eigenvalue weighted by molar-refractivity contribution is 5.76. The van der Waals surface area contributed by atoms with Gasteiger partial charge in [-0.2, -0.15) is 0 Å². The van der Waals surface area contributed by atoms with Crippen LogP contribution >= 0.6 is 0 Å². The van der Waals surface area contributed by atoms with Gasteiger partial charge in [0, 0.05) is 6.42 Å². The molecule has 0 aromatic heterocycles. The van der Waals surface area contributed by atoms with Gasteiger partial charge in [-0.1, -0.05) is 258 Å². The molecule has 96 heavy (non-hydrogen) atoms. The zero-order valence-corrected chi connectivity index (χ0v) is 58.6. The second kappa shape index (κ2) is 57.1. The Morgan fingerprint density at radius 2 is 0.729 bits per heavy atom. The van der Waals surface area contributed by atoms with E-state index in [0.29, 0.717) is 19.3 Å². The summed E-state index contributed by atoms with van der Waals surface area (Å²) in [6.07, 6.45) is 51.1. The average Bonchev–Trinajstić information content (AvgIpc) is 0.798. The lowest BCUT2D eigenvalue weighted by molar-refractivity contribution is -0.379. The number of hydrogen-bond donors (Lipinski definition) is 12. The zero-order chi connectivity index (χ0) is 69.6. The van der Waals surface area contributed by atoms with Crippen LogP contribution in [-0.2, 0) is 33.2 Å². The fraction of sp³-hybridized carbons (Fsp3) is 0.753. The van der Waals surface area contributed by atoms with Gasteiger partial charge in [-0.3, -0.25) is 4.79 Å². The van der Waals surface area contributed by atoms with Crippen molar-refractivity contribution in [1.29, 1.82) is 0 Å². The summed E-state index contributed by atoms with van der Waals surface area (Å²) in [5.41, 5.74) is 0. The van der Waals surface area contributed by atoms with Crippen molar-refractivity contribution in [3.05, 3.63) is 109 Å². The average molecular weight is 1360 g/mol. The lowest BCUT2D eigenvalue weighted by atomic mass is 9.96. The molecule has 3 aliphatic rings.